The van der Waals surface area contributed by atoms with E-state index in [0.717, 1.165) is 53.4 Å². The summed E-state index contributed by atoms with van der Waals surface area (Å²) in [5, 5.41) is 3.51. The lowest BCUT2D eigenvalue weighted by Gasteiger charge is -2.20. The fourth-order valence-corrected chi connectivity index (χ4v) is 3.91. The zero-order valence-electron chi connectivity index (χ0n) is 17.2. The first-order chi connectivity index (χ1) is 14.6. The summed E-state index contributed by atoms with van der Waals surface area (Å²) in [4.78, 5) is 30.2. The maximum absolute atomic E-state index is 13.1. The summed E-state index contributed by atoms with van der Waals surface area (Å²) in [6, 6.07) is 13.0. The lowest BCUT2D eigenvalue weighted by atomic mass is 9.89. The Morgan fingerprint density at radius 3 is 2.73 bits per heavy atom. The van der Waals surface area contributed by atoms with E-state index in [1.54, 1.807) is 18.2 Å². The van der Waals surface area contributed by atoms with Gasteiger partial charge in [0.05, 0.1) is 23.9 Å². The molecule has 0 bridgehead atoms. The Hall–Kier alpha value is -3.41. The van der Waals surface area contributed by atoms with Crippen molar-refractivity contribution >= 4 is 28.5 Å². The molecule has 1 aliphatic carbocycles. The zero-order chi connectivity index (χ0) is 21.1. The standard InChI is InChI=1S/C24H24N2O4/c1-15-11-12-19-17(13-15)23(16-7-3-4-8-18(16)25-19)24(28)30-14-22(27)26-20-9-5-6-10-21(20)29-2/h5-6,9-13H,3-4,7-8,14H2,1-2H3,(H,26,27). The van der Waals surface area contributed by atoms with Gasteiger partial charge in [-0.05, 0) is 62.4 Å². The number of ether oxygens (including phenoxy) is 2. The minimum absolute atomic E-state index is 0.374. The summed E-state index contributed by atoms with van der Waals surface area (Å²) < 4.78 is 10.7. The summed E-state index contributed by atoms with van der Waals surface area (Å²) in [5.74, 6) is -0.362. The molecule has 0 fully saturated rings. The molecule has 6 nitrogen and oxygen atoms in total. The molecule has 3 aromatic rings. The number of methoxy groups -OCH3 is 1. The largest absolute Gasteiger partial charge is 0.495 e. The van der Waals surface area contributed by atoms with Crippen molar-refractivity contribution in [2.75, 3.05) is 19.0 Å². The van der Waals surface area contributed by atoms with Crippen LogP contribution < -0.4 is 10.1 Å². The van der Waals surface area contributed by atoms with Gasteiger partial charge in [-0.15, -0.1) is 0 Å². The predicted molar refractivity (Wildman–Crippen MR) is 115 cm³/mol. The van der Waals surface area contributed by atoms with Gasteiger partial charge in [-0.2, -0.15) is 0 Å². The third kappa shape index (κ3) is 3.99. The van der Waals surface area contributed by atoms with Crippen molar-refractivity contribution in [1.29, 1.82) is 0 Å². The van der Waals surface area contributed by atoms with Crippen LogP contribution in [0.3, 0.4) is 0 Å². The number of nitrogens with zero attached hydrogens (tertiary/aromatic N) is 1. The maximum atomic E-state index is 13.1. The van der Waals surface area contributed by atoms with Crippen molar-refractivity contribution in [3.63, 3.8) is 0 Å². The van der Waals surface area contributed by atoms with Crippen LogP contribution >= 0.6 is 0 Å². The topological polar surface area (TPSA) is 77.5 Å². The van der Waals surface area contributed by atoms with Gasteiger partial charge in [-0.1, -0.05) is 23.8 Å². The molecule has 154 valence electrons. The number of carbonyl (C=O) groups excluding carboxylic acids is 2. The molecule has 1 aromatic heterocycles. The van der Waals surface area contributed by atoms with E-state index in [9.17, 15) is 9.59 Å². The number of hydrogen-bond acceptors (Lipinski definition) is 5. The zero-order valence-corrected chi connectivity index (χ0v) is 17.2. The molecule has 6 heteroatoms. The van der Waals surface area contributed by atoms with Crippen LogP contribution in [0.1, 0.15) is 40.0 Å². The third-order valence-electron chi connectivity index (χ3n) is 5.34. The number of esters is 1. The first-order valence-electron chi connectivity index (χ1n) is 10.1. The van der Waals surface area contributed by atoms with Gasteiger partial charge in [0.25, 0.3) is 5.91 Å². The van der Waals surface area contributed by atoms with Gasteiger partial charge in [-0.3, -0.25) is 9.78 Å². The van der Waals surface area contributed by atoms with Gasteiger partial charge in [0, 0.05) is 11.1 Å². The van der Waals surface area contributed by atoms with E-state index in [2.05, 4.69) is 5.32 Å². The number of hydrogen-bond donors (Lipinski definition) is 1. The van der Waals surface area contributed by atoms with Crippen molar-refractivity contribution in [2.45, 2.75) is 32.6 Å². The average molecular weight is 404 g/mol. The Balaban J connectivity index is 1.57. The first kappa shape index (κ1) is 19.9. The molecule has 0 saturated carbocycles. The van der Waals surface area contributed by atoms with Gasteiger partial charge < -0.3 is 14.8 Å². The van der Waals surface area contributed by atoms with Crippen LogP contribution in [-0.4, -0.2) is 30.6 Å². The van der Waals surface area contributed by atoms with Crippen LogP contribution in [0.25, 0.3) is 10.9 Å². The molecule has 1 amide bonds. The van der Waals surface area contributed by atoms with E-state index in [1.165, 1.54) is 7.11 Å². The Labute approximate surface area is 175 Å². The number of nitrogens with one attached hydrogen (secondary N) is 1. The quantitative estimate of drug-likeness (QED) is 0.644. The minimum Gasteiger partial charge on any atom is -0.495 e. The van der Waals surface area contributed by atoms with Crippen molar-refractivity contribution < 1.29 is 19.1 Å². The van der Waals surface area contributed by atoms with E-state index in [-0.39, 0.29) is 6.61 Å². The lowest BCUT2D eigenvalue weighted by Crippen LogP contribution is -2.23. The summed E-state index contributed by atoms with van der Waals surface area (Å²) in [5.41, 5.74) is 4.82. The minimum atomic E-state index is -0.485. The molecule has 1 N–H and O–H groups in total. The van der Waals surface area contributed by atoms with Gasteiger partial charge in [0.2, 0.25) is 0 Å². The van der Waals surface area contributed by atoms with Gasteiger partial charge in [0.15, 0.2) is 6.61 Å². The Morgan fingerprint density at radius 2 is 1.90 bits per heavy atom. The molecule has 0 radical (unpaired) electrons. The number of aryl methyl sites for hydroxylation is 2. The second kappa shape index (κ2) is 8.53. The first-order valence-corrected chi connectivity index (χ1v) is 10.1. The molecular formula is C24H24N2O4. The number of fused-ring (bicyclic) bond motifs is 2. The van der Waals surface area contributed by atoms with E-state index >= 15 is 0 Å². The predicted octanol–water partition coefficient (Wildman–Crippen LogP) is 4.23. The number of rotatable bonds is 5. The SMILES string of the molecule is COc1ccccc1NC(=O)COC(=O)c1c2c(nc3ccc(C)cc13)CCCC2. The van der Waals surface area contributed by atoms with Gasteiger partial charge >= 0.3 is 5.97 Å². The second-order valence-corrected chi connectivity index (χ2v) is 7.46. The monoisotopic (exact) mass is 404 g/mol. The third-order valence-corrected chi connectivity index (χ3v) is 5.34. The van der Waals surface area contributed by atoms with Crippen LogP contribution in [0.2, 0.25) is 0 Å². The van der Waals surface area contributed by atoms with E-state index < -0.39 is 11.9 Å². The molecule has 0 unspecified atom stereocenters. The van der Waals surface area contributed by atoms with E-state index in [1.807, 2.05) is 31.2 Å². The smallest absolute Gasteiger partial charge is 0.339 e. The number of carbonyl (C=O) groups is 2. The van der Waals surface area contributed by atoms with E-state index in [0.29, 0.717) is 17.0 Å². The highest BCUT2D eigenvalue weighted by Crippen LogP contribution is 2.30. The molecule has 4 rings (SSSR count). The highest BCUT2D eigenvalue weighted by molar-refractivity contribution is 6.06. The lowest BCUT2D eigenvalue weighted by molar-refractivity contribution is -0.119. The summed E-state index contributed by atoms with van der Waals surface area (Å²) >= 11 is 0. The number of para-hydroxylation sites is 2. The van der Waals surface area contributed by atoms with Crippen LogP contribution in [-0.2, 0) is 22.4 Å². The van der Waals surface area contributed by atoms with Crippen molar-refractivity contribution in [1.82, 2.24) is 4.98 Å². The van der Waals surface area contributed by atoms with Crippen molar-refractivity contribution in [3.05, 3.63) is 64.8 Å². The molecular weight excluding hydrogens is 380 g/mol. The van der Waals surface area contributed by atoms with Gasteiger partial charge in [0.1, 0.15) is 5.75 Å². The number of amides is 1. The summed E-state index contributed by atoms with van der Waals surface area (Å²) in [6.07, 6.45) is 3.73. The Kier molecular flexibility index (Phi) is 5.65. The number of pyridine rings is 1. The van der Waals surface area contributed by atoms with Crippen molar-refractivity contribution in [2.24, 2.45) is 0 Å². The summed E-state index contributed by atoms with van der Waals surface area (Å²) in [6.45, 7) is 1.61. The number of aromatic nitrogens is 1. The molecule has 2 aromatic carbocycles. The van der Waals surface area contributed by atoms with Crippen LogP contribution in [0.4, 0.5) is 5.69 Å². The van der Waals surface area contributed by atoms with Crippen LogP contribution in [0.5, 0.6) is 5.75 Å². The second-order valence-electron chi connectivity index (χ2n) is 7.46. The molecule has 0 aliphatic heterocycles. The fraction of sp³-hybridized carbons (Fsp3) is 0.292. The summed E-state index contributed by atoms with van der Waals surface area (Å²) in [7, 11) is 1.53. The number of anilines is 1. The Bertz CT molecular complexity index is 1120. The van der Waals surface area contributed by atoms with Crippen molar-refractivity contribution in [3.8, 4) is 5.75 Å². The molecule has 1 heterocycles. The average Bonchev–Trinajstić information content (AvgIpc) is 2.76. The Morgan fingerprint density at radius 1 is 1.10 bits per heavy atom. The number of benzene rings is 2. The molecule has 0 saturated heterocycles. The molecule has 0 spiro atoms. The van der Waals surface area contributed by atoms with Crippen LogP contribution in [0.15, 0.2) is 42.5 Å². The van der Waals surface area contributed by atoms with Gasteiger partial charge in [-0.25, -0.2) is 4.79 Å². The van der Waals surface area contributed by atoms with Crippen LogP contribution in [0, 0.1) is 6.92 Å². The molecule has 30 heavy (non-hydrogen) atoms. The van der Waals surface area contributed by atoms with E-state index in [4.69, 9.17) is 14.5 Å². The highest BCUT2D eigenvalue weighted by Gasteiger charge is 2.24. The molecule has 1 aliphatic rings. The maximum Gasteiger partial charge on any atom is 0.339 e. The fourth-order valence-electron chi connectivity index (χ4n) is 3.91. The highest BCUT2D eigenvalue weighted by atomic mass is 16.5. The molecule has 0 atom stereocenters. The normalized spacial score (nSPS) is 12.9.